The summed E-state index contributed by atoms with van der Waals surface area (Å²) in [5.41, 5.74) is 0.467. The highest BCUT2D eigenvalue weighted by molar-refractivity contribution is 5.22. The number of benzene rings is 1. The zero-order valence-electron chi connectivity index (χ0n) is 12.7. The maximum Gasteiger partial charge on any atom is 0.163 e. The molecule has 114 valence electrons. The van der Waals surface area contributed by atoms with Crippen molar-refractivity contribution in [2.45, 2.75) is 64.8 Å². The molecule has 1 aromatic carbocycles. The molecule has 1 atom stereocenters. The zero-order valence-corrected chi connectivity index (χ0v) is 12.7. The first-order valence-electron chi connectivity index (χ1n) is 7.88. The van der Waals surface area contributed by atoms with E-state index in [-0.39, 0.29) is 6.04 Å². The minimum atomic E-state index is -0.753. The molecule has 3 heteroatoms. The van der Waals surface area contributed by atoms with Gasteiger partial charge in [0.05, 0.1) is 0 Å². The number of halogens is 2. The fourth-order valence-electron chi connectivity index (χ4n) is 2.43. The van der Waals surface area contributed by atoms with E-state index in [1.807, 2.05) is 0 Å². The van der Waals surface area contributed by atoms with Gasteiger partial charge in [0.25, 0.3) is 0 Å². The van der Waals surface area contributed by atoms with E-state index in [4.69, 9.17) is 0 Å². The lowest BCUT2D eigenvalue weighted by Gasteiger charge is -2.19. The fraction of sp³-hybridized carbons (Fsp3) is 0.647. The standard InChI is InChI=1S/C17H27F2N/c1-3-5-6-7-8-12-16(20-13-4-2)14-10-9-11-15(18)17(14)19/h9-11,16,20H,3-8,12-13H2,1-2H3. The van der Waals surface area contributed by atoms with Crippen molar-refractivity contribution in [3.63, 3.8) is 0 Å². The van der Waals surface area contributed by atoms with Gasteiger partial charge in [0.15, 0.2) is 11.6 Å². The molecule has 1 aromatic rings. The number of unbranched alkanes of at least 4 members (excludes halogenated alkanes) is 4. The SMILES string of the molecule is CCCCCCCC(NCCC)c1cccc(F)c1F. The smallest absolute Gasteiger partial charge is 0.163 e. The van der Waals surface area contributed by atoms with Crippen molar-refractivity contribution < 1.29 is 8.78 Å². The van der Waals surface area contributed by atoms with E-state index in [0.29, 0.717) is 5.56 Å². The molecular formula is C17H27F2N. The van der Waals surface area contributed by atoms with Crippen LogP contribution < -0.4 is 5.32 Å². The third-order valence-electron chi connectivity index (χ3n) is 3.59. The first-order valence-corrected chi connectivity index (χ1v) is 7.88. The minimum absolute atomic E-state index is 0.0766. The molecule has 0 aromatic heterocycles. The van der Waals surface area contributed by atoms with Crippen LogP contribution in [0.25, 0.3) is 0 Å². The molecule has 1 unspecified atom stereocenters. The Labute approximate surface area is 121 Å². The number of hydrogen-bond donors (Lipinski definition) is 1. The quantitative estimate of drug-likeness (QED) is 0.569. The molecule has 1 N–H and O–H groups in total. The van der Waals surface area contributed by atoms with Crippen LogP contribution in [0.4, 0.5) is 8.78 Å². The highest BCUT2D eigenvalue weighted by atomic mass is 19.2. The second-order valence-electron chi connectivity index (χ2n) is 5.35. The summed E-state index contributed by atoms with van der Waals surface area (Å²) in [5, 5.41) is 3.34. The largest absolute Gasteiger partial charge is 0.310 e. The Morgan fingerprint density at radius 2 is 1.75 bits per heavy atom. The van der Waals surface area contributed by atoms with E-state index in [9.17, 15) is 8.78 Å². The Hall–Kier alpha value is -0.960. The van der Waals surface area contributed by atoms with Crippen molar-refractivity contribution in [3.8, 4) is 0 Å². The molecule has 0 heterocycles. The molecule has 1 nitrogen and oxygen atoms in total. The second-order valence-corrected chi connectivity index (χ2v) is 5.35. The number of hydrogen-bond acceptors (Lipinski definition) is 1. The molecule has 0 aliphatic carbocycles. The third-order valence-corrected chi connectivity index (χ3v) is 3.59. The zero-order chi connectivity index (χ0) is 14.8. The molecule has 0 spiro atoms. The van der Waals surface area contributed by atoms with Gasteiger partial charge in [-0.2, -0.15) is 0 Å². The van der Waals surface area contributed by atoms with Crippen molar-refractivity contribution in [2.75, 3.05) is 6.54 Å². The summed E-state index contributed by atoms with van der Waals surface area (Å²) in [6, 6.07) is 4.38. The summed E-state index contributed by atoms with van der Waals surface area (Å²) in [7, 11) is 0. The Bertz CT molecular complexity index is 379. The Kier molecular flexibility index (Phi) is 8.43. The maximum atomic E-state index is 13.9. The molecule has 0 saturated heterocycles. The van der Waals surface area contributed by atoms with E-state index < -0.39 is 11.6 Å². The highest BCUT2D eigenvalue weighted by Crippen LogP contribution is 2.24. The second kappa shape index (κ2) is 9.87. The first kappa shape index (κ1) is 17.1. The molecule has 0 bridgehead atoms. The van der Waals surface area contributed by atoms with Crippen LogP contribution in [0.3, 0.4) is 0 Å². The van der Waals surface area contributed by atoms with Crippen LogP contribution in [-0.4, -0.2) is 6.54 Å². The molecule has 0 aliphatic heterocycles. The molecule has 0 fully saturated rings. The van der Waals surface area contributed by atoms with Crippen molar-refractivity contribution in [3.05, 3.63) is 35.4 Å². The molecule has 20 heavy (non-hydrogen) atoms. The van der Waals surface area contributed by atoms with Crippen LogP contribution in [0, 0.1) is 11.6 Å². The van der Waals surface area contributed by atoms with Crippen LogP contribution in [-0.2, 0) is 0 Å². The van der Waals surface area contributed by atoms with E-state index in [0.717, 1.165) is 32.2 Å². The van der Waals surface area contributed by atoms with E-state index in [1.54, 1.807) is 12.1 Å². The predicted octanol–water partition coefficient (Wildman–Crippen LogP) is 5.37. The van der Waals surface area contributed by atoms with Gasteiger partial charge in [0, 0.05) is 11.6 Å². The average molecular weight is 283 g/mol. The summed E-state index contributed by atoms with van der Waals surface area (Å²) in [5.74, 6) is -1.45. The van der Waals surface area contributed by atoms with Gasteiger partial charge in [-0.25, -0.2) is 8.78 Å². The van der Waals surface area contributed by atoms with Crippen LogP contribution in [0.15, 0.2) is 18.2 Å². The lowest BCUT2D eigenvalue weighted by Crippen LogP contribution is -2.23. The molecular weight excluding hydrogens is 256 g/mol. The van der Waals surface area contributed by atoms with Gasteiger partial charge in [0.2, 0.25) is 0 Å². The molecule has 0 amide bonds. The van der Waals surface area contributed by atoms with Gasteiger partial charge in [0.1, 0.15) is 0 Å². The summed E-state index contributed by atoms with van der Waals surface area (Å²) in [4.78, 5) is 0. The van der Waals surface area contributed by atoms with Crippen LogP contribution >= 0.6 is 0 Å². The van der Waals surface area contributed by atoms with Gasteiger partial charge < -0.3 is 5.32 Å². The summed E-state index contributed by atoms with van der Waals surface area (Å²) in [6.07, 6.45) is 7.76. The summed E-state index contributed by atoms with van der Waals surface area (Å²) < 4.78 is 27.2. The maximum absolute atomic E-state index is 13.9. The van der Waals surface area contributed by atoms with Crippen LogP contribution in [0.2, 0.25) is 0 Å². The Morgan fingerprint density at radius 3 is 2.45 bits per heavy atom. The monoisotopic (exact) mass is 283 g/mol. The fourth-order valence-corrected chi connectivity index (χ4v) is 2.43. The lowest BCUT2D eigenvalue weighted by molar-refractivity contribution is 0.431. The van der Waals surface area contributed by atoms with Gasteiger partial charge in [-0.15, -0.1) is 0 Å². The summed E-state index contributed by atoms with van der Waals surface area (Å²) >= 11 is 0. The van der Waals surface area contributed by atoms with Crippen LogP contribution in [0.5, 0.6) is 0 Å². The third kappa shape index (κ3) is 5.58. The summed E-state index contributed by atoms with van der Waals surface area (Å²) in [6.45, 7) is 5.09. The number of rotatable bonds is 10. The molecule has 1 rings (SSSR count). The van der Waals surface area contributed by atoms with Crippen LogP contribution in [0.1, 0.15) is 70.4 Å². The Morgan fingerprint density at radius 1 is 1.00 bits per heavy atom. The van der Waals surface area contributed by atoms with Crippen molar-refractivity contribution in [1.29, 1.82) is 0 Å². The van der Waals surface area contributed by atoms with E-state index in [1.165, 1.54) is 25.3 Å². The van der Waals surface area contributed by atoms with Crippen molar-refractivity contribution in [2.24, 2.45) is 0 Å². The van der Waals surface area contributed by atoms with Gasteiger partial charge in [-0.05, 0) is 25.5 Å². The number of nitrogens with one attached hydrogen (secondary N) is 1. The minimum Gasteiger partial charge on any atom is -0.310 e. The first-order chi connectivity index (χ1) is 9.70. The van der Waals surface area contributed by atoms with E-state index >= 15 is 0 Å². The predicted molar refractivity (Wildman–Crippen MR) is 80.8 cm³/mol. The molecule has 0 aliphatic rings. The molecule has 0 radical (unpaired) electrons. The van der Waals surface area contributed by atoms with Gasteiger partial charge in [-0.1, -0.05) is 58.1 Å². The lowest BCUT2D eigenvalue weighted by atomic mass is 9.99. The topological polar surface area (TPSA) is 12.0 Å². The van der Waals surface area contributed by atoms with Gasteiger partial charge >= 0.3 is 0 Å². The Balaban J connectivity index is 2.61. The molecule has 0 saturated carbocycles. The highest BCUT2D eigenvalue weighted by Gasteiger charge is 2.17. The van der Waals surface area contributed by atoms with Crippen molar-refractivity contribution >= 4 is 0 Å². The van der Waals surface area contributed by atoms with Gasteiger partial charge in [-0.3, -0.25) is 0 Å². The van der Waals surface area contributed by atoms with E-state index in [2.05, 4.69) is 19.2 Å². The normalized spacial score (nSPS) is 12.6. The van der Waals surface area contributed by atoms with Crippen molar-refractivity contribution in [1.82, 2.24) is 5.32 Å². The average Bonchev–Trinajstić information content (AvgIpc) is 2.45.